The summed E-state index contributed by atoms with van der Waals surface area (Å²) < 4.78 is 1.68. The van der Waals surface area contributed by atoms with Crippen LogP contribution in [0, 0.1) is 5.92 Å². The van der Waals surface area contributed by atoms with E-state index in [0.29, 0.717) is 5.92 Å². The van der Waals surface area contributed by atoms with E-state index in [9.17, 15) is 9.90 Å². The normalized spacial score (nSPS) is 12.4. The van der Waals surface area contributed by atoms with Crippen molar-refractivity contribution < 1.29 is 9.90 Å². The lowest BCUT2D eigenvalue weighted by Crippen LogP contribution is -2.32. The number of hydrogen-bond donors (Lipinski definition) is 2. The fraction of sp³-hybridized carbons (Fsp3) is 0.438. The summed E-state index contributed by atoms with van der Waals surface area (Å²) in [6.07, 6.45) is 2.50. The zero-order valence-corrected chi connectivity index (χ0v) is 13.2. The lowest BCUT2D eigenvalue weighted by molar-refractivity contribution is -0.121. The van der Waals surface area contributed by atoms with Gasteiger partial charge in [0, 0.05) is 7.05 Å². The first-order valence-electron chi connectivity index (χ1n) is 7.37. The van der Waals surface area contributed by atoms with E-state index in [1.807, 2.05) is 13.1 Å². The largest absolute Gasteiger partial charge is 0.508 e. The predicted octanol–water partition coefficient (Wildman–Crippen LogP) is 1.97. The molecule has 0 spiro atoms. The maximum atomic E-state index is 12.3. The lowest BCUT2D eigenvalue weighted by atomic mass is 10.0. The molecule has 0 aliphatic rings. The number of carbonyl (C=O) groups excluding carboxylic acids is 1. The molecule has 0 bridgehead atoms. The van der Waals surface area contributed by atoms with Crippen LogP contribution >= 0.6 is 0 Å². The minimum Gasteiger partial charge on any atom is -0.508 e. The van der Waals surface area contributed by atoms with Crippen molar-refractivity contribution >= 4 is 5.91 Å². The van der Waals surface area contributed by atoms with Gasteiger partial charge in [-0.3, -0.25) is 9.48 Å². The highest BCUT2D eigenvalue weighted by Gasteiger charge is 2.20. The maximum Gasteiger partial charge on any atom is 0.225 e. The molecule has 1 aromatic carbocycles. The number of nitrogens with one attached hydrogen (secondary N) is 1. The van der Waals surface area contributed by atoms with E-state index in [4.69, 9.17) is 0 Å². The van der Waals surface area contributed by atoms with Gasteiger partial charge in [0.1, 0.15) is 17.9 Å². The number of aryl methyl sites for hydroxylation is 1. The van der Waals surface area contributed by atoms with Crippen LogP contribution in [0.2, 0.25) is 0 Å². The number of carbonyl (C=O) groups is 1. The van der Waals surface area contributed by atoms with E-state index in [-0.39, 0.29) is 24.1 Å². The number of amides is 1. The summed E-state index contributed by atoms with van der Waals surface area (Å²) in [4.78, 5) is 16.5. The van der Waals surface area contributed by atoms with Crippen LogP contribution in [0.3, 0.4) is 0 Å². The average Bonchev–Trinajstić information content (AvgIpc) is 2.83. The van der Waals surface area contributed by atoms with E-state index >= 15 is 0 Å². The Morgan fingerprint density at radius 1 is 1.41 bits per heavy atom. The molecule has 2 aromatic rings. The summed E-state index contributed by atoms with van der Waals surface area (Å²) >= 11 is 0. The molecule has 0 saturated carbocycles. The fourth-order valence-electron chi connectivity index (χ4n) is 2.42. The van der Waals surface area contributed by atoms with Gasteiger partial charge in [-0.1, -0.05) is 26.0 Å². The molecule has 0 aliphatic heterocycles. The predicted molar refractivity (Wildman–Crippen MR) is 83.2 cm³/mol. The third kappa shape index (κ3) is 4.31. The fourth-order valence-corrected chi connectivity index (χ4v) is 2.42. The first kappa shape index (κ1) is 16.0. The molecule has 0 fully saturated rings. The Labute approximate surface area is 130 Å². The molecular weight excluding hydrogens is 280 g/mol. The summed E-state index contributed by atoms with van der Waals surface area (Å²) in [5.41, 5.74) is 0.777. The highest BCUT2D eigenvalue weighted by molar-refractivity contribution is 5.79. The molecule has 22 heavy (non-hydrogen) atoms. The molecule has 6 nitrogen and oxygen atoms in total. The van der Waals surface area contributed by atoms with E-state index in [0.717, 1.165) is 17.8 Å². The van der Waals surface area contributed by atoms with Crippen molar-refractivity contribution in [2.24, 2.45) is 13.0 Å². The molecule has 2 rings (SSSR count). The zero-order chi connectivity index (χ0) is 16.1. The molecule has 6 heteroatoms. The van der Waals surface area contributed by atoms with Crippen molar-refractivity contribution in [2.75, 3.05) is 0 Å². The van der Waals surface area contributed by atoms with Crippen molar-refractivity contribution in [3.63, 3.8) is 0 Å². The van der Waals surface area contributed by atoms with Crippen LogP contribution in [0.25, 0.3) is 0 Å². The van der Waals surface area contributed by atoms with Crippen molar-refractivity contribution in [1.29, 1.82) is 0 Å². The Kier molecular flexibility index (Phi) is 5.14. The molecule has 1 heterocycles. The number of hydrogen-bond acceptors (Lipinski definition) is 4. The number of benzene rings is 1. The van der Waals surface area contributed by atoms with Crippen LogP contribution in [0.5, 0.6) is 5.75 Å². The van der Waals surface area contributed by atoms with E-state index in [1.54, 1.807) is 22.9 Å². The second-order valence-corrected chi connectivity index (χ2v) is 5.84. The van der Waals surface area contributed by atoms with Gasteiger partial charge in [-0.25, -0.2) is 4.98 Å². The Hall–Kier alpha value is -2.37. The van der Waals surface area contributed by atoms with Gasteiger partial charge in [0.15, 0.2) is 0 Å². The third-order valence-corrected chi connectivity index (χ3v) is 3.38. The zero-order valence-electron chi connectivity index (χ0n) is 13.2. The number of nitrogens with zero attached hydrogens (tertiary/aromatic N) is 3. The van der Waals surface area contributed by atoms with Crippen LogP contribution in [0.4, 0.5) is 0 Å². The van der Waals surface area contributed by atoms with E-state index in [1.165, 1.54) is 6.33 Å². The first-order valence-corrected chi connectivity index (χ1v) is 7.37. The molecule has 1 aromatic heterocycles. The second-order valence-electron chi connectivity index (χ2n) is 5.84. The Bertz CT molecular complexity index is 637. The van der Waals surface area contributed by atoms with Gasteiger partial charge in [0.2, 0.25) is 5.91 Å². The molecule has 118 valence electrons. The SMILES string of the molecule is CC(C)C[C@@H](NC(=O)Cc1cccc(O)c1)c1ncnn1C. The minimum absolute atomic E-state index is 0.0979. The Balaban J connectivity index is 2.06. The van der Waals surface area contributed by atoms with Crippen LogP contribution in [-0.2, 0) is 18.3 Å². The van der Waals surface area contributed by atoms with Gasteiger partial charge in [0.25, 0.3) is 0 Å². The van der Waals surface area contributed by atoms with Crippen molar-refractivity contribution in [3.8, 4) is 5.75 Å². The van der Waals surface area contributed by atoms with Crippen LogP contribution < -0.4 is 5.32 Å². The second kappa shape index (κ2) is 7.06. The maximum absolute atomic E-state index is 12.3. The summed E-state index contributed by atoms with van der Waals surface area (Å²) in [6, 6.07) is 6.56. The topological polar surface area (TPSA) is 80.0 Å². The Morgan fingerprint density at radius 3 is 2.77 bits per heavy atom. The molecule has 2 N–H and O–H groups in total. The van der Waals surface area contributed by atoms with Gasteiger partial charge < -0.3 is 10.4 Å². The summed E-state index contributed by atoms with van der Waals surface area (Å²) in [5.74, 6) is 1.23. The first-order chi connectivity index (χ1) is 10.5. The van der Waals surface area contributed by atoms with E-state index < -0.39 is 0 Å². The van der Waals surface area contributed by atoms with Crippen LogP contribution in [0.15, 0.2) is 30.6 Å². The quantitative estimate of drug-likeness (QED) is 0.855. The molecule has 1 atom stereocenters. The van der Waals surface area contributed by atoms with Gasteiger partial charge in [0.05, 0.1) is 12.5 Å². The molecule has 0 saturated heterocycles. The number of aromatic nitrogens is 3. The number of phenolic OH excluding ortho intramolecular Hbond substituents is 1. The monoisotopic (exact) mass is 302 g/mol. The van der Waals surface area contributed by atoms with Gasteiger partial charge >= 0.3 is 0 Å². The molecule has 0 radical (unpaired) electrons. The third-order valence-electron chi connectivity index (χ3n) is 3.38. The van der Waals surface area contributed by atoms with Crippen molar-refractivity contribution in [3.05, 3.63) is 42.0 Å². The number of rotatable bonds is 6. The summed E-state index contributed by atoms with van der Waals surface area (Å²) in [6.45, 7) is 4.20. The number of phenols is 1. The van der Waals surface area contributed by atoms with Crippen molar-refractivity contribution in [2.45, 2.75) is 32.7 Å². The van der Waals surface area contributed by atoms with Crippen LogP contribution in [0.1, 0.15) is 37.7 Å². The lowest BCUT2D eigenvalue weighted by Gasteiger charge is -2.20. The van der Waals surface area contributed by atoms with Gasteiger partial charge in [-0.2, -0.15) is 5.10 Å². The molecule has 0 unspecified atom stereocenters. The highest BCUT2D eigenvalue weighted by atomic mass is 16.3. The van der Waals surface area contributed by atoms with Gasteiger partial charge in [-0.05, 0) is 30.0 Å². The minimum atomic E-state index is -0.169. The highest BCUT2D eigenvalue weighted by Crippen LogP contribution is 2.19. The summed E-state index contributed by atoms with van der Waals surface area (Å²) in [7, 11) is 1.82. The smallest absolute Gasteiger partial charge is 0.225 e. The number of aromatic hydroxyl groups is 1. The molecule has 1 amide bonds. The Morgan fingerprint density at radius 2 is 2.18 bits per heavy atom. The van der Waals surface area contributed by atoms with Crippen LogP contribution in [-0.4, -0.2) is 25.8 Å². The van der Waals surface area contributed by atoms with Gasteiger partial charge in [-0.15, -0.1) is 0 Å². The average molecular weight is 302 g/mol. The summed E-state index contributed by atoms with van der Waals surface area (Å²) in [5, 5.41) is 16.5. The van der Waals surface area contributed by atoms with E-state index in [2.05, 4.69) is 29.2 Å². The standard InChI is InChI=1S/C16H22N4O2/c1-11(2)7-14(16-17-10-18-20(16)3)19-15(22)9-12-5-4-6-13(21)8-12/h4-6,8,10-11,14,21H,7,9H2,1-3H3,(H,19,22)/t14-/m1/s1. The molecule has 0 aliphatic carbocycles. The molecular formula is C16H22N4O2. The van der Waals surface area contributed by atoms with Crippen molar-refractivity contribution in [1.82, 2.24) is 20.1 Å².